The zero-order valence-electron chi connectivity index (χ0n) is 10.3. The number of primary amides is 1. The molecular weight excluding hydrogens is 273 g/mol. The van der Waals surface area contributed by atoms with Gasteiger partial charge in [0.05, 0.1) is 6.04 Å². The van der Waals surface area contributed by atoms with Gasteiger partial charge in [0, 0.05) is 17.7 Å². The minimum Gasteiger partial charge on any atom is -0.386 e. The van der Waals surface area contributed by atoms with E-state index in [9.17, 15) is 18.0 Å². The van der Waals surface area contributed by atoms with Crippen molar-refractivity contribution in [1.29, 1.82) is 0 Å². The van der Waals surface area contributed by atoms with Crippen molar-refractivity contribution >= 4 is 11.7 Å². The first kappa shape index (κ1) is 14.3. The van der Waals surface area contributed by atoms with Crippen LogP contribution in [-0.4, -0.2) is 30.8 Å². The number of amides is 1. The second-order valence-corrected chi connectivity index (χ2v) is 4.40. The number of rotatable bonds is 3. The van der Waals surface area contributed by atoms with Crippen LogP contribution in [0.15, 0.2) is 23.2 Å². The third-order valence-electron chi connectivity index (χ3n) is 3.02. The molecule has 20 heavy (non-hydrogen) atoms. The van der Waals surface area contributed by atoms with Crippen LogP contribution in [0.4, 0.5) is 13.2 Å². The molecule has 0 radical (unpaired) electrons. The number of benzene rings is 1. The lowest BCUT2D eigenvalue weighted by atomic mass is 10.00. The molecular formula is C12H13F3N4O. The van der Waals surface area contributed by atoms with E-state index in [1.807, 2.05) is 0 Å². The first-order valence-electron chi connectivity index (χ1n) is 5.84. The highest BCUT2D eigenvalue weighted by Crippen LogP contribution is 2.23. The maximum absolute atomic E-state index is 13.8. The van der Waals surface area contributed by atoms with Crippen molar-refractivity contribution in [3.05, 3.63) is 35.1 Å². The van der Waals surface area contributed by atoms with Crippen LogP contribution in [0.1, 0.15) is 22.0 Å². The largest absolute Gasteiger partial charge is 0.386 e. The minimum absolute atomic E-state index is 0.0512. The first-order valence-corrected chi connectivity index (χ1v) is 5.84. The van der Waals surface area contributed by atoms with E-state index in [1.54, 1.807) is 0 Å². The molecule has 108 valence electrons. The van der Waals surface area contributed by atoms with Gasteiger partial charge in [0.2, 0.25) is 5.91 Å². The van der Waals surface area contributed by atoms with Crippen molar-refractivity contribution < 1.29 is 18.0 Å². The second kappa shape index (κ2) is 5.49. The highest BCUT2D eigenvalue weighted by Gasteiger charge is 2.30. The van der Waals surface area contributed by atoms with E-state index in [2.05, 4.69) is 10.3 Å². The predicted octanol–water partition coefficient (Wildman–Crippen LogP) is 0.560. The molecule has 1 aromatic carbocycles. The Balaban J connectivity index is 2.35. The topological polar surface area (TPSA) is 93.5 Å². The van der Waals surface area contributed by atoms with E-state index in [4.69, 9.17) is 11.5 Å². The van der Waals surface area contributed by atoms with Crippen LogP contribution in [-0.2, 0) is 0 Å². The monoisotopic (exact) mass is 286 g/mol. The number of amidine groups is 1. The lowest BCUT2D eigenvalue weighted by Gasteiger charge is -2.27. The Hall–Kier alpha value is -2.09. The summed E-state index contributed by atoms with van der Waals surface area (Å²) in [6.07, 6.45) is -2.65. The zero-order valence-corrected chi connectivity index (χ0v) is 10.3. The fourth-order valence-electron chi connectivity index (χ4n) is 1.99. The van der Waals surface area contributed by atoms with Crippen molar-refractivity contribution in [2.75, 3.05) is 6.54 Å². The average molecular weight is 286 g/mol. The Morgan fingerprint density at radius 1 is 1.45 bits per heavy atom. The number of carbonyl (C=O) groups excluding carboxylic acids is 1. The van der Waals surface area contributed by atoms with Crippen molar-refractivity contribution in [2.24, 2.45) is 16.5 Å². The molecule has 2 atom stereocenters. The molecule has 1 aromatic rings. The normalized spacial score (nSPS) is 22.7. The molecule has 2 rings (SSSR count). The smallest absolute Gasteiger partial charge is 0.261 e. The molecule has 5 nitrogen and oxygen atoms in total. The summed E-state index contributed by atoms with van der Waals surface area (Å²) >= 11 is 0. The van der Waals surface area contributed by atoms with Gasteiger partial charge in [-0.15, -0.1) is 0 Å². The number of nitrogens with two attached hydrogens (primary N) is 2. The molecule has 0 fully saturated rings. The van der Waals surface area contributed by atoms with Crippen molar-refractivity contribution in [3.63, 3.8) is 0 Å². The molecule has 0 bridgehead atoms. The molecule has 1 amide bonds. The number of halogens is 3. The van der Waals surface area contributed by atoms with Gasteiger partial charge in [0.15, 0.2) is 0 Å². The van der Waals surface area contributed by atoms with Crippen LogP contribution in [0.3, 0.4) is 0 Å². The van der Waals surface area contributed by atoms with E-state index >= 15 is 0 Å². The van der Waals surface area contributed by atoms with Gasteiger partial charge in [-0.05, 0) is 18.2 Å². The molecule has 8 heteroatoms. The van der Waals surface area contributed by atoms with E-state index in [0.717, 1.165) is 6.07 Å². The summed E-state index contributed by atoms with van der Waals surface area (Å²) in [5.74, 6) is -1.49. The summed E-state index contributed by atoms with van der Waals surface area (Å²) in [5.41, 5.74) is 10.9. The Bertz CT molecular complexity index is 562. The van der Waals surface area contributed by atoms with Gasteiger partial charge in [-0.3, -0.25) is 9.79 Å². The number of alkyl halides is 2. The fraction of sp³-hybridized carbons (Fsp3) is 0.333. The molecule has 1 aliphatic rings. The Morgan fingerprint density at radius 3 is 2.70 bits per heavy atom. The number of nitrogens with one attached hydrogen (secondary N) is 1. The third kappa shape index (κ3) is 2.74. The number of aliphatic imine (C=N–C) groups is 1. The average Bonchev–Trinajstić information content (AvgIpc) is 2.39. The number of nitrogens with zero attached hydrogens (tertiary/aromatic N) is 1. The highest BCUT2D eigenvalue weighted by molar-refractivity contribution is 5.94. The molecule has 1 heterocycles. The van der Waals surface area contributed by atoms with E-state index in [-0.39, 0.29) is 23.5 Å². The van der Waals surface area contributed by atoms with Crippen LogP contribution in [0.2, 0.25) is 0 Å². The summed E-state index contributed by atoms with van der Waals surface area (Å²) in [6.45, 7) is -0.136. The van der Waals surface area contributed by atoms with Gasteiger partial charge in [-0.2, -0.15) is 0 Å². The summed E-state index contributed by atoms with van der Waals surface area (Å²) in [7, 11) is 0. The van der Waals surface area contributed by atoms with Crippen molar-refractivity contribution in [1.82, 2.24) is 5.32 Å². The van der Waals surface area contributed by atoms with E-state index in [0.29, 0.717) is 0 Å². The molecule has 1 aliphatic heterocycles. The van der Waals surface area contributed by atoms with Gasteiger partial charge >= 0.3 is 0 Å². The van der Waals surface area contributed by atoms with Gasteiger partial charge < -0.3 is 16.8 Å². The van der Waals surface area contributed by atoms with Crippen molar-refractivity contribution in [3.8, 4) is 0 Å². The SMILES string of the molecule is NC(=O)c1ccc(F)c(C2NCC(C(F)F)N=C2N)c1. The molecule has 5 N–H and O–H groups in total. The maximum atomic E-state index is 13.8. The Labute approximate surface area is 112 Å². The zero-order chi connectivity index (χ0) is 14.9. The third-order valence-corrected chi connectivity index (χ3v) is 3.02. The summed E-state index contributed by atoms with van der Waals surface area (Å²) in [5, 5.41) is 2.70. The van der Waals surface area contributed by atoms with Crippen LogP contribution >= 0.6 is 0 Å². The minimum atomic E-state index is -2.65. The lowest BCUT2D eigenvalue weighted by Crippen LogP contribution is -2.46. The quantitative estimate of drug-likeness (QED) is 0.758. The summed E-state index contributed by atoms with van der Waals surface area (Å²) < 4.78 is 38.9. The van der Waals surface area contributed by atoms with E-state index < -0.39 is 30.2 Å². The van der Waals surface area contributed by atoms with Crippen LogP contribution in [0.5, 0.6) is 0 Å². The standard InChI is InChI=1S/C12H13F3N4O/c13-7-2-1-5(12(17)20)3-6(7)9-11(16)19-8(4-18-9)10(14)15/h1-3,8-10,18H,4H2,(H2,16,19)(H2,17,20). The molecule has 2 unspecified atom stereocenters. The first-order chi connectivity index (χ1) is 9.40. The molecule has 0 saturated heterocycles. The molecule has 0 aromatic heterocycles. The van der Waals surface area contributed by atoms with Crippen molar-refractivity contribution in [2.45, 2.75) is 18.5 Å². The summed E-state index contributed by atoms with van der Waals surface area (Å²) in [6, 6.07) is 1.43. The van der Waals surface area contributed by atoms with Crippen LogP contribution in [0.25, 0.3) is 0 Å². The van der Waals surface area contributed by atoms with Crippen LogP contribution in [0, 0.1) is 5.82 Å². The number of hydrogen-bond acceptors (Lipinski definition) is 4. The maximum Gasteiger partial charge on any atom is 0.261 e. The molecule has 0 saturated carbocycles. The number of carbonyl (C=O) groups is 1. The molecule has 0 spiro atoms. The Morgan fingerprint density at radius 2 is 2.15 bits per heavy atom. The lowest BCUT2D eigenvalue weighted by molar-refractivity contribution is 0.1000. The van der Waals surface area contributed by atoms with Gasteiger partial charge in [0.25, 0.3) is 6.43 Å². The van der Waals surface area contributed by atoms with Gasteiger partial charge in [0.1, 0.15) is 17.7 Å². The Kier molecular flexibility index (Phi) is 3.93. The molecule has 0 aliphatic carbocycles. The summed E-state index contributed by atoms with van der Waals surface area (Å²) in [4.78, 5) is 14.7. The number of hydrogen-bond donors (Lipinski definition) is 3. The van der Waals surface area contributed by atoms with E-state index in [1.165, 1.54) is 12.1 Å². The second-order valence-electron chi connectivity index (χ2n) is 4.40. The van der Waals surface area contributed by atoms with Gasteiger partial charge in [-0.1, -0.05) is 0 Å². The fourth-order valence-corrected chi connectivity index (χ4v) is 1.99. The highest BCUT2D eigenvalue weighted by atomic mass is 19.3. The van der Waals surface area contributed by atoms with Gasteiger partial charge in [-0.25, -0.2) is 13.2 Å². The van der Waals surface area contributed by atoms with Crippen LogP contribution < -0.4 is 16.8 Å². The predicted molar refractivity (Wildman–Crippen MR) is 67.1 cm³/mol.